The maximum absolute atomic E-state index is 12.6. The molecule has 0 saturated carbocycles. The zero-order valence-corrected chi connectivity index (χ0v) is 23.1. The number of likely N-dealkylation sites (tertiary alicyclic amines) is 1. The van der Waals surface area contributed by atoms with E-state index in [2.05, 4.69) is 11.0 Å². The molecule has 1 N–H and O–H groups in total. The zero-order chi connectivity index (χ0) is 25.9. The monoisotopic (exact) mass is 575 g/mol. The summed E-state index contributed by atoms with van der Waals surface area (Å²) in [7, 11) is 0. The quantitative estimate of drug-likeness (QED) is 0.297. The SMILES string of the molecule is Cl.O=C(O)c1ccc2c(c1)CCC(c1ccc(Cl)cc1Cl)=C2c1cccc(O[C@@H]2CCN(CCCF)C2)c1. The number of alkyl halides is 1. The summed E-state index contributed by atoms with van der Waals surface area (Å²) in [5.41, 5.74) is 6.27. The van der Waals surface area contributed by atoms with Gasteiger partial charge >= 0.3 is 5.97 Å². The average Bonchev–Trinajstić information content (AvgIpc) is 3.33. The van der Waals surface area contributed by atoms with E-state index in [0.717, 1.165) is 65.2 Å². The number of nitrogens with zero attached hydrogens (tertiary/aromatic N) is 1. The topological polar surface area (TPSA) is 49.8 Å². The molecule has 0 amide bonds. The number of rotatable bonds is 8. The van der Waals surface area contributed by atoms with Gasteiger partial charge in [-0.3, -0.25) is 9.29 Å². The zero-order valence-electron chi connectivity index (χ0n) is 20.8. The number of allylic oxidation sites excluding steroid dienone is 1. The van der Waals surface area contributed by atoms with Gasteiger partial charge in [0.25, 0.3) is 0 Å². The van der Waals surface area contributed by atoms with Crippen LogP contribution in [0.3, 0.4) is 0 Å². The first-order chi connectivity index (χ1) is 17.9. The number of aryl methyl sites for hydroxylation is 1. The van der Waals surface area contributed by atoms with Crippen molar-refractivity contribution < 1.29 is 19.0 Å². The summed E-state index contributed by atoms with van der Waals surface area (Å²) in [6.45, 7) is 2.16. The summed E-state index contributed by atoms with van der Waals surface area (Å²) in [6.07, 6.45) is 2.94. The Labute approximate surface area is 238 Å². The smallest absolute Gasteiger partial charge is 0.335 e. The van der Waals surface area contributed by atoms with E-state index in [1.807, 2.05) is 36.4 Å². The third kappa shape index (κ3) is 6.18. The largest absolute Gasteiger partial charge is 0.489 e. The lowest BCUT2D eigenvalue weighted by atomic mass is 9.79. The highest BCUT2D eigenvalue weighted by molar-refractivity contribution is 6.36. The van der Waals surface area contributed by atoms with Gasteiger partial charge in [-0.25, -0.2) is 4.79 Å². The Bertz CT molecular complexity index is 1360. The summed E-state index contributed by atoms with van der Waals surface area (Å²) in [5, 5.41) is 10.7. The summed E-state index contributed by atoms with van der Waals surface area (Å²) >= 11 is 12.8. The first-order valence-corrected chi connectivity index (χ1v) is 13.3. The van der Waals surface area contributed by atoms with Gasteiger partial charge in [0.05, 0.1) is 12.2 Å². The molecule has 0 bridgehead atoms. The van der Waals surface area contributed by atoms with E-state index in [4.69, 9.17) is 27.9 Å². The maximum Gasteiger partial charge on any atom is 0.335 e. The van der Waals surface area contributed by atoms with E-state index in [-0.39, 0.29) is 30.7 Å². The first kappa shape index (κ1) is 28.4. The van der Waals surface area contributed by atoms with E-state index < -0.39 is 5.97 Å². The van der Waals surface area contributed by atoms with Crippen molar-refractivity contribution in [1.29, 1.82) is 0 Å². The number of halogens is 4. The van der Waals surface area contributed by atoms with Crippen LogP contribution in [0.1, 0.15) is 51.9 Å². The summed E-state index contributed by atoms with van der Waals surface area (Å²) in [6, 6.07) is 18.9. The molecule has 200 valence electrons. The minimum Gasteiger partial charge on any atom is -0.489 e. The Kier molecular flexibility index (Phi) is 9.37. The molecule has 3 aromatic rings. The molecule has 1 fully saturated rings. The second-order valence-corrected chi connectivity index (χ2v) is 10.4. The number of carbonyl (C=O) groups is 1. The minimum atomic E-state index is -0.938. The molecule has 5 rings (SSSR count). The van der Waals surface area contributed by atoms with E-state index >= 15 is 0 Å². The molecule has 0 radical (unpaired) electrons. The number of fused-ring (bicyclic) bond motifs is 1. The van der Waals surface area contributed by atoms with Crippen LogP contribution in [-0.4, -0.2) is 48.4 Å². The van der Waals surface area contributed by atoms with Crippen molar-refractivity contribution in [1.82, 2.24) is 4.90 Å². The summed E-state index contributed by atoms with van der Waals surface area (Å²) < 4.78 is 18.9. The van der Waals surface area contributed by atoms with Gasteiger partial charge in [0.1, 0.15) is 11.9 Å². The highest BCUT2D eigenvalue weighted by atomic mass is 35.5. The average molecular weight is 577 g/mol. The Morgan fingerprint density at radius 2 is 1.87 bits per heavy atom. The van der Waals surface area contributed by atoms with Crippen molar-refractivity contribution in [3.05, 3.63) is 98.5 Å². The Morgan fingerprint density at radius 3 is 2.63 bits per heavy atom. The lowest BCUT2D eigenvalue weighted by Gasteiger charge is -2.26. The summed E-state index contributed by atoms with van der Waals surface area (Å²) in [5.74, 6) is -0.162. The van der Waals surface area contributed by atoms with Gasteiger partial charge in [-0.15, -0.1) is 12.4 Å². The van der Waals surface area contributed by atoms with E-state index in [1.54, 1.807) is 18.2 Å². The third-order valence-corrected chi connectivity index (χ3v) is 7.63. The van der Waals surface area contributed by atoms with Gasteiger partial charge in [0.15, 0.2) is 0 Å². The predicted octanol–water partition coefficient (Wildman–Crippen LogP) is 7.83. The van der Waals surface area contributed by atoms with Crippen LogP contribution in [0.4, 0.5) is 4.39 Å². The fraction of sp³-hybridized carbons (Fsp3) is 0.300. The van der Waals surface area contributed by atoms with Crippen LogP contribution in [-0.2, 0) is 6.42 Å². The van der Waals surface area contributed by atoms with Gasteiger partial charge in [0, 0.05) is 29.7 Å². The van der Waals surface area contributed by atoms with Crippen LogP contribution >= 0.6 is 35.6 Å². The molecule has 8 heteroatoms. The van der Waals surface area contributed by atoms with Gasteiger partial charge in [-0.2, -0.15) is 0 Å². The molecular formula is C30H29Cl3FNO3. The normalized spacial score (nSPS) is 17.2. The lowest BCUT2D eigenvalue weighted by Crippen LogP contribution is -2.26. The van der Waals surface area contributed by atoms with Crippen LogP contribution < -0.4 is 4.74 Å². The number of hydrogen-bond acceptors (Lipinski definition) is 3. The van der Waals surface area contributed by atoms with Crippen molar-refractivity contribution in [3.8, 4) is 5.75 Å². The number of benzene rings is 3. The Hall–Kier alpha value is -2.57. The lowest BCUT2D eigenvalue weighted by molar-refractivity contribution is 0.0696. The number of hydrogen-bond donors (Lipinski definition) is 1. The molecule has 3 aromatic carbocycles. The second kappa shape index (κ2) is 12.5. The van der Waals surface area contributed by atoms with E-state index in [1.165, 1.54) is 0 Å². The molecule has 0 aromatic heterocycles. The molecule has 2 aliphatic rings. The van der Waals surface area contributed by atoms with Gasteiger partial charge in [-0.05, 0) is 95.5 Å². The van der Waals surface area contributed by atoms with Crippen LogP contribution in [0.2, 0.25) is 10.0 Å². The standard InChI is InChI=1S/C30H28Cl2FNO3.ClH/c31-22-7-10-26(28(32)17-22)27-9-5-19-15-21(30(35)36)6-8-25(19)29(27)20-3-1-4-23(16-20)37-24-11-14-34(18-24)13-2-12-33;/h1,3-4,6-8,10,15-17,24H,2,5,9,11-14,18H2,(H,35,36);1H/t24-;/m1./s1. The van der Waals surface area contributed by atoms with Crippen LogP contribution in [0, 0.1) is 0 Å². The molecule has 1 aliphatic carbocycles. The highest BCUT2D eigenvalue weighted by Crippen LogP contribution is 2.44. The van der Waals surface area contributed by atoms with Crippen molar-refractivity contribution in [2.24, 2.45) is 0 Å². The number of ether oxygens (including phenoxy) is 1. The van der Waals surface area contributed by atoms with Crippen molar-refractivity contribution >= 4 is 52.7 Å². The van der Waals surface area contributed by atoms with Crippen LogP contribution in [0.15, 0.2) is 60.7 Å². The van der Waals surface area contributed by atoms with Crippen molar-refractivity contribution in [3.63, 3.8) is 0 Å². The van der Waals surface area contributed by atoms with E-state index in [9.17, 15) is 14.3 Å². The highest BCUT2D eigenvalue weighted by Gasteiger charge is 2.26. The second-order valence-electron chi connectivity index (χ2n) is 9.55. The molecular weight excluding hydrogens is 548 g/mol. The fourth-order valence-electron chi connectivity index (χ4n) is 5.36. The van der Waals surface area contributed by atoms with Gasteiger partial charge in [-0.1, -0.05) is 47.5 Å². The molecule has 1 atom stereocenters. The van der Waals surface area contributed by atoms with Gasteiger partial charge < -0.3 is 9.84 Å². The molecule has 1 saturated heterocycles. The third-order valence-electron chi connectivity index (χ3n) is 7.09. The van der Waals surface area contributed by atoms with Crippen LogP contribution in [0.25, 0.3) is 11.1 Å². The maximum atomic E-state index is 12.6. The Balaban J connectivity index is 0.00000336. The van der Waals surface area contributed by atoms with Crippen molar-refractivity contribution in [2.75, 3.05) is 26.3 Å². The molecule has 1 heterocycles. The van der Waals surface area contributed by atoms with Crippen molar-refractivity contribution in [2.45, 2.75) is 31.8 Å². The molecule has 4 nitrogen and oxygen atoms in total. The first-order valence-electron chi connectivity index (χ1n) is 12.5. The summed E-state index contributed by atoms with van der Waals surface area (Å²) in [4.78, 5) is 13.9. The van der Waals surface area contributed by atoms with E-state index in [0.29, 0.717) is 29.3 Å². The minimum absolute atomic E-state index is 0. The fourth-order valence-corrected chi connectivity index (χ4v) is 5.88. The molecule has 38 heavy (non-hydrogen) atoms. The molecule has 0 spiro atoms. The number of aromatic carboxylic acids is 1. The molecule has 0 unspecified atom stereocenters. The molecule has 1 aliphatic heterocycles. The predicted molar refractivity (Wildman–Crippen MR) is 154 cm³/mol. The number of carboxylic acid groups (broad SMARTS) is 1. The van der Waals surface area contributed by atoms with Crippen LogP contribution in [0.5, 0.6) is 5.75 Å². The number of carboxylic acids is 1. The van der Waals surface area contributed by atoms with Gasteiger partial charge in [0.2, 0.25) is 0 Å². The Morgan fingerprint density at radius 1 is 1.05 bits per heavy atom.